The smallest absolute Gasteiger partial charge is 0.550 e. The SMILES string of the molecule is CCC(=O)[O-].[Ru+2]. The summed E-state index contributed by atoms with van der Waals surface area (Å²) in [7, 11) is 0. The Hall–Kier alpha value is 0.0934. The monoisotopic (exact) mass is 175 g/mol. The van der Waals surface area contributed by atoms with E-state index in [-0.39, 0.29) is 25.9 Å². The molecule has 0 atom stereocenters. The molecule has 0 heterocycles. The van der Waals surface area contributed by atoms with Crippen LogP contribution in [0.25, 0.3) is 0 Å². The summed E-state index contributed by atoms with van der Waals surface area (Å²) < 4.78 is 0. The zero-order chi connectivity index (χ0) is 4.28. The van der Waals surface area contributed by atoms with E-state index in [0.29, 0.717) is 0 Å². The van der Waals surface area contributed by atoms with Crippen LogP contribution in [-0.4, -0.2) is 5.97 Å². The van der Waals surface area contributed by atoms with E-state index < -0.39 is 5.97 Å². The van der Waals surface area contributed by atoms with Gasteiger partial charge in [-0.05, 0) is 6.42 Å². The van der Waals surface area contributed by atoms with Gasteiger partial charge < -0.3 is 9.90 Å². The number of carbonyl (C=O) groups is 1. The topological polar surface area (TPSA) is 40.1 Å². The maximum atomic E-state index is 9.26. The average molecular weight is 174 g/mol. The van der Waals surface area contributed by atoms with Crippen LogP contribution in [0, 0.1) is 0 Å². The average Bonchev–Trinajstić information content (AvgIpc) is 1.38. The Morgan fingerprint density at radius 3 is 2.00 bits per heavy atom. The van der Waals surface area contributed by atoms with Gasteiger partial charge in [-0.2, -0.15) is 0 Å². The van der Waals surface area contributed by atoms with Crippen molar-refractivity contribution in [1.82, 2.24) is 0 Å². The first-order chi connectivity index (χ1) is 2.27. The van der Waals surface area contributed by atoms with E-state index in [4.69, 9.17) is 0 Å². The summed E-state index contributed by atoms with van der Waals surface area (Å²) in [6.45, 7) is 1.54. The molecule has 0 unspecified atom stereocenters. The number of hydrogen-bond acceptors (Lipinski definition) is 2. The van der Waals surface area contributed by atoms with Crippen LogP contribution in [0.1, 0.15) is 13.3 Å². The van der Waals surface area contributed by atoms with Crippen molar-refractivity contribution < 1.29 is 29.4 Å². The van der Waals surface area contributed by atoms with Crippen LogP contribution >= 0.6 is 0 Å². The minimum absolute atomic E-state index is 0. The quantitative estimate of drug-likeness (QED) is 0.485. The van der Waals surface area contributed by atoms with E-state index in [9.17, 15) is 9.90 Å². The molecule has 0 N–H and O–H groups in total. The fraction of sp³-hybridized carbons (Fsp3) is 0.667. The molecule has 0 amide bonds. The zero-order valence-corrected chi connectivity index (χ0v) is 5.12. The second-order valence-corrected chi connectivity index (χ2v) is 0.726. The first kappa shape index (κ1) is 9.43. The van der Waals surface area contributed by atoms with Gasteiger partial charge in [0, 0.05) is 5.97 Å². The molecule has 0 saturated carbocycles. The van der Waals surface area contributed by atoms with E-state index in [1.165, 1.54) is 6.92 Å². The Kier molecular flexibility index (Phi) is 8.01. The predicted molar refractivity (Wildman–Crippen MR) is 15.3 cm³/mol. The van der Waals surface area contributed by atoms with Gasteiger partial charge in [0.15, 0.2) is 0 Å². The summed E-state index contributed by atoms with van der Waals surface area (Å²) in [6.07, 6.45) is 0.111. The molecular formula is C3H5O2Ru+. The van der Waals surface area contributed by atoms with Gasteiger partial charge in [0.1, 0.15) is 0 Å². The third kappa shape index (κ3) is 8.94. The summed E-state index contributed by atoms with van der Waals surface area (Å²) in [4.78, 5) is 9.26. The number of hydrogen-bond donors (Lipinski definition) is 0. The minimum atomic E-state index is -0.995. The molecule has 3 heteroatoms. The van der Waals surface area contributed by atoms with Gasteiger partial charge >= 0.3 is 19.5 Å². The van der Waals surface area contributed by atoms with Crippen molar-refractivity contribution in [3.63, 3.8) is 0 Å². The molecule has 6 heavy (non-hydrogen) atoms. The molecule has 0 rings (SSSR count). The van der Waals surface area contributed by atoms with Gasteiger partial charge in [0.05, 0.1) is 0 Å². The van der Waals surface area contributed by atoms with Gasteiger partial charge in [0.25, 0.3) is 0 Å². The minimum Gasteiger partial charge on any atom is -0.550 e. The molecule has 0 fully saturated rings. The van der Waals surface area contributed by atoms with Crippen LogP contribution in [0.4, 0.5) is 0 Å². The summed E-state index contributed by atoms with van der Waals surface area (Å²) in [5, 5.41) is 9.26. The molecular weight excluding hydrogens is 169 g/mol. The third-order valence-corrected chi connectivity index (χ3v) is 0.289. The summed E-state index contributed by atoms with van der Waals surface area (Å²) in [5.74, 6) is -0.995. The van der Waals surface area contributed by atoms with Gasteiger partial charge in [-0.1, -0.05) is 6.92 Å². The van der Waals surface area contributed by atoms with Crippen LogP contribution in [0.15, 0.2) is 0 Å². The fourth-order valence-electron chi connectivity index (χ4n) is 0. The van der Waals surface area contributed by atoms with Crippen LogP contribution in [-0.2, 0) is 24.3 Å². The molecule has 0 spiro atoms. The number of carboxylic acids is 1. The van der Waals surface area contributed by atoms with E-state index in [0.717, 1.165) is 0 Å². The molecule has 0 aromatic heterocycles. The van der Waals surface area contributed by atoms with Crippen molar-refractivity contribution >= 4 is 5.97 Å². The Balaban J connectivity index is 0. The van der Waals surface area contributed by atoms with Crippen LogP contribution in [0.3, 0.4) is 0 Å². The molecule has 0 saturated heterocycles. The summed E-state index contributed by atoms with van der Waals surface area (Å²) >= 11 is 0. The van der Waals surface area contributed by atoms with Crippen LogP contribution < -0.4 is 5.11 Å². The van der Waals surface area contributed by atoms with Gasteiger partial charge in [-0.25, -0.2) is 0 Å². The Morgan fingerprint density at radius 1 is 1.83 bits per heavy atom. The molecule has 2 nitrogen and oxygen atoms in total. The van der Waals surface area contributed by atoms with E-state index >= 15 is 0 Å². The molecule has 0 aliphatic rings. The van der Waals surface area contributed by atoms with Crippen molar-refractivity contribution in [1.29, 1.82) is 0 Å². The second-order valence-electron chi connectivity index (χ2n) is 0.726. The second kappa shape index (κ2) is 5.09. The molecule has 0 aliphatic carbocycles. The molecule has 0 aromatic carbocycles. The Morgan fingerprint density at radius 2 is 2.00 bits per heavy atom. The number of carbonyl (C=O) groups excluding carboxylic acids is 1. The third-order valence-electron chi connectivity index (χ3n) is 0.289. The maximum Gasteiger partial charge on any atom is 2.00 e. The number of carboxylic acid groups (broad SMARTS) is 1. The van der Waals surface area contributed by atoms with Gasteiger partial charge in [-0.15, -0.1) is 0 Å². The largest absolute Gasteiger partial charge is 2.00 e. The van der Waals surface area contributed by atoms with Gasteiger partial charge in [0.2, 0.25) is 0 Å². The van der Waals surface area contributed by atoms with Gasteiger partial charge in [-0.3, -0.25) is 0 Å². The molecule has 0 aromatic rings. The molecule has 0 radical (unpaired) electrons. The number of rotatable bonds is 1. The van der Waals surface area contributed by atoms with Crippen LogP contribution in [0.2, 0.25) is 0 Å². The molecule has 36 valence electrons. The standard InChI is InChI=1S/C3H6O2.Ru/c1-2-3(4)5;/h2H2,1H3,(H,4,5);/q;+2/p-1. The predicted octanol–water partition coefficient (Wildman–Crippen LogP) is -0.856. The maximum absolute atomic E-state index is 9.26. The van der Waals surface area contributed by atoms with Crippen molar-refractivity contribution in [2.75, 3.05) is 0 Å². The van der Waals surface area contributed by atoms with Crippen molar-refractivity contribution in [3.8, 4) is 0 Å². The first-order valence-corrected chi connectivity index (χ1v) is 1.47. The van der Waals surface area contributed by atoms with Crippen molar-refractivity contribution in [2.24, 2.45) is 0 Å². The first-order valence-electron chi connectivity index (χ1n) is 1.47. The van der Waals surface area contributed by atoms with Crippen molar-refractivity contribution in [2.45, 2.75) is 13.3 Å². The molecule has 0 bridgehead atoms. The van der Waals surface area contributed by atoms with Crippen LogP contribution in [0.5, 0.6) is 0 Å². The Labute approximate surface area is 49.3 Å². The number of aliphatic carboxylic acids is 1. The van der Waals surface area contributed by atoms with E-state index in [1.54, 1.807) is 0 Å². The van der Waals surface area contributed by atoms with E-state index in [2.05, 4.69) is 0 Å². The summed E-state index contributed by atoms with van der Waals surface area (Å²) in [6, 6.07) is 0. The molecule has 0 aliphatic heterocycles. The fourth-order valence-corrected chi connectivity index (χ4v) is 0. The van der Waals surface area contributed by atoms with E-state index in [1.807, 2.05) is 0 Å². The summed E-state index contributed by atoms with van der Waals surface area (Å²) in [5.41, 5.74) is 0. The Bertz CT molecular complexity index is 44.1. The normalized spacial score (nSPS) is 6.17. The van der Waals surface area contributed by atoms with Crippen molar-refractivity contribution in [3.05, 3.63) is 0 Å². The zero-order valence-electron chi connectivity index (χ0n) is 3.38.